The molecule has 0 saturated heterocycles. The Balaban J connectivity index is 4.67. The second kappa shape index (κ2) is 3.95. The van der Waals surface area contributed by atoms with Crippen LogP contribution in [0.15, 0.2) is 0 Å². The average Bonchev–Trinajstić information content (AvgIpc) is 1.80. The van der Waals surface area contributed by atoms with Crippen molar-refractivity contribution in [3.8, 4) is 0 Å². The van der Waals surface area contributed by atoms with E-state index < -0.39 is 8.32 Å². The van der Waals surface area contributed by atoms with Gasteiger partial charge in [0.25, 0.3) is 0 Å². The molecular weight excluding hydrogens is 190 g/mol. The smallest absolute Gasteiger partial charge is 0.192 e. The Labute approximate surface area is 90.3 Å². The molecule has 2 N–H and O–H groups in total. The number of rotatable bonds is 3. The van der Waals surface area contributed by atoms with Crippen LogP contribution in [0, 0.1) is 0 Å². The van der Waals surface area contributed by atoms with Gasteiger partial charge in [0.1, 0.15) is 0 Å². The molecule has 0 aromatic heterocycles. The highest BCUT2D eigenvalue weighted by Gasteiger charge is 2.42. The van der Waals surface area contributed by atoms with Gasteiger partial charge in [-0.3, -0.25) is 0 Å². The molecule has 1 atom stereocenters. The number of hydrogen-bond acceptors (Lipinski definition) is 2. The van der Waals surface area contributed by atoms with Gasteiger partial charge >= 0.3 is 0 Å². The third-order valence-electron chi connectivity index (χ3n) is 3.42. The summed E-state index contributed by atoms with van der Waals surface area (Å²) in [6.45, 7) is 17.4. The Bertz CT molecular complexity index is 192. The van der Waals surface area contributed by atoms with E-state index in [1.54, 1.807) is 0 Å². The Morgan fingerprint density at radius 2 is 1.43 bits per heavy atom. The fourth-order valence-electron chi connectivity index (χ4n) is 0.904. The van der Waals surface area contributed by atoms with Crippen LogP contribution in [0.2, 0.25) is 18.1 Å². The standard InChI is InChI=1S/C11H27NOSi/c1-9(12)11(5,6)13-14(7,8)10(2,3)4/h9H,12H2,1-8H3. The lowest BCUT2D eigenvalue weighted by atomic mass is 10.0. The van der Waals surface area contributed by atoms with E-state index in [0.29, 0.717) is 0 Å². The lowest BCUT2D eigenvalue weighted by Crippen LogP contribution is -2.53. The topological polar surface area (TPSA) is 35.2 Å². The van der Waals surface area contributed by atoms with Crippen LogP contribution < -0.4 is 5.73 Å². The van der Waals surface area contributed by atoms with Crippen molar-refractivity contribution in [2.45, 2.75) is 71.3 Å². The monoisotopic (exact) mass is 217 g/mol. The van der Waals surface area contributed by atoms with Crippen molar-refractivity contribution in [1.82, 2.24) is 0 Å². The highest BCUT2D eigenvalue weighted by atomic mass is 28.4. The summed E-state index contributed by atoms with van der Waals surface area (Å²) in [5.74, 6) is 0. The van der Waals surface area contributed by atoms with Crippen LogP contribution >= 0.6 is 0 Å². The second-order valence-electron chi connectivity index (χ2n) is 6.25. The van der Waals surface area contributed by atoms with Crippen molar-refractivity contribution < 1.29 is 4.43 Å². The quantitative estimate of drug-likeness (QED) is 0.737. The van der Waals surface area contributed by atoms with Gasteiger partial charge in [-0.25, -0.2) is 0 Å². The van der Waals surface area contributed by atoms with Gasteiger partial charge in [0.05, 0.1) is 5.60 Å². The van der Waals surface area contributed by atoms with Gasteiger partial charge in [-0.15, -0.1) is 0 Å². The molecule has 86 valence electrons. The van der Waals surface area contributed by atoms with Crippen molar-refractivity contribution in [3.63, 3.8) is 0 Å². The Kier molecular flexibility index (Phi) is 3.99. The van der Waals surface area contributed by atoms with Gasteiger partial charge in [-0.1, -0.05) is 20.8 Å². The molecule has 0 aromatic rings. The summed E-state index contributed by atoms with van der Waals surface area (Å²) in [4.78, 5) is 0. The zero-order valence-electron chi connectivity index (χ0n) is 11.1. The van der Waals surface area contributed by atoms with Gasteiger partial charge in [0.15, 0.2) is 8.32 Å². The van der Waals surface area contributed by atoms with Crippen molar-refractivity contribution >= 4 is 8.32 Å². The lowest BCUT2D eigenvalue weighted by Gasteiger charge is -2.44. The van der Waals surface area contributed by atoms with E-state index in [1.165, 1.54) is 0 Å². The van der Waals surface area contributed by atoms with Gasteiger partial charge < -0.3 is 10.2 Å². The predicted molar refractivity (Wildman–Crippen MR) is 66.0 cm³/mol. The molecule has 0 aromatic carbocycles. The van der Waals surface area contributed by atoms with Gasteiger partial charge in [0, 0.05) is 6.04 Å². The highest BCUT2D eigenvalue weighted by Crippen LogP contribution is 2.39. The summed E-state index contributed by atoms with van der Waals surface area (Å²) in [6.07, 6.45) is 0. The minimum absolute atomic E-state index is 0.0663. The number of nitrogens with two attached hydrogens (primary N) is 1. The molecule has 0 rings (SSSR count). The zero-order chi connectivity index (χ0) is 11.8. The van der Waals surface area contributed by atoms with Crippen LogP contribution in [0.5, 0.6) is 0 Å². The molecule has 14 heavy (non-hydrogen) atoms. The summed E-state index contributed by atoms with van der Waals surface area (Å²) in [7, 11) is -1.68. The molecule has 0 aliphatic carbocycles. The molecule has 0 spiro atoms. The van der Waals surface area contributed by atoms with E-state index in [4.69, 9.17) is 10.2 Å². The molecule has 0 amide bonds. The fraction of sp³-hybridized carbons (Fsp3) is 1.00. The molecule has 0 aliphatic rings. The largest absolute Gasteiger partial charge is 0.410 e. The Morgan fingerprint density at radius 1 is 1.07 bits per heavy atom. The second-order valence-corrected chi connectivity index (χ2v) is 11.0. The molecule has 0 heterocycles. The molecule has 0 bridgehead atoms. The first-order chi connectivity index (χ1) is 5.90. The van der Waals surface area contributed by atoms with Gasteiger partial charge in [-0.05, 0) is 38.9 Å². The lowest BCUT2D eigenvalue weighted by molar-refractivity contribution is 0.0697. The zero-order valence-corrected chi connectivity index (χ0v) is 12.1. The van der Waals surface area contributed by atoms with Crippen LogP contribution in [-0.4, -0.2) is 20.0 Å². The molecule has 1 unspecified atom stereocenters. The number of hydrogen-bond donors (Lipinski definition) is 1. The molecule has 0 radical (unpaired) electrons. The highest BCUT2D eigenvalue weighted by molar-refractivity contribution is 6.74. The Morgan fingerprint density at radius 3 is 1.64 bits per heavy atom. The molecular formula is C11H27NOSi. The minimum Gasteiger partial charge on any atom is -0.410 e. The summed E-state index contributed by atoms with van der Waals surface area (Å²) in [5, 5.41) is 0.249. The van der Waals surface area contributed by atoms with Crippen LogP contribution in [0.4, 0.5) is 0 Å². The molecule has 0 fully saturated rings. The van der Waals surface area contributed by atoms with Gasteiger partial charge in [-0.2, -0.15) is 0 Å². The van der Waals surface area contributed by atoms with Crippen LogP contribution in [-0.2, 0) is 4.43 Å². The molecule has 0 aliphatic heterocycles. The Hall–Kier alpha value is 0.137. The van der Waals surface area contributed by atoms with Gasteiger partial charge in [0.2, 0.25) is 0 Å². The van der Waals surface area contributed by atoms with E-state index >= 15 is 0 Å². The van der Waals surface area contributed by atoms with Crippen molar-refractivity contribution in [2.75, 3.05) is 0 Å². The first-order valence-electron chi connectivity index (χ1n) is 5.36. The normalized spacial score (nSPS) is 16.9. The molecule has 2 nitrogen and oxygen atoms in total. The first-order valence-corrected chi connectivity index (χ1v) is 8.27. The van der Waals surface area contributed by atoms with Crippen LogP contribution in [0.1, 0.15) is 41.5 Å². The van der Waals surface area contributed by atoms with E-state index in [9.17, 15) is 0 Å². The third-order valence-corrected chi connectivity index (χ3v) is 8.07. The maximum atomic E-state index is 6.27. The summed E-state index contributed by atoms with van der Waals surface area (Å²) in [5.41, 5.74) is 5.70. The van der Waals surface area contributed by atoms with E-state index in [1.807, 2.05) is 6.92 Å². The maximum Gasteiger partial charge on any atom is 0.192 e. The molecule has 0 saturated carbocycles. The maximum absolute atomic E-state index is 6.27. The third kappa shape index (κ3) is 3.37. The van der Waals surface area contributed by atoms with Crippen molar-refractivity contribution in [2.24, 2.45) is 5.73 Å². The fourth-order valence-corrected chi connectivity index (χ4v) is 2.71. The minimum atomic E-state index is -1.68. The van der Waals surface area contributed by atoms with Crippen LogP contribution in [0.3, 0.4) is 0 Å². The predicted octanol–water partition coefficient (Wildman–Crippen LogP) is 3.13. The first kappa shape index (κ1) is 14.1. The summed E-state index contributed by atoms with van der Waals surface area (Å²) in [6, 6.07) is 0.0663. The van der Waals surface area contributed by atoms with E-state index in [0.717, 1.165) is 0 Å². The van der Waals surface area contributed by atoms with E-state index in [2.05, 4.69) is 47.7 Å². The van der Waals surface area contributed by atoms with E-state index in [-0.39, 0.29) is 16.7 Å². The average molecular weight is 217 g/mol. The van der Waals surface area contributed by atoms with Crippen molar-refractivity contribution in [1.29, 1.82) is 0 Å². The summed E-state index contributed by atoms with van der Waals surface area (Å²) >= 11 is 0. The SMILES string of the molecule is CC(N)C(C)(C)O[Si](C)(C)C(C)(C)C. The summed E-state index contributed by atoms with van der Waals surface area (Å²) < 4.78 is 6.27. The van der Waals surface area contributed by atoms with Crippen molar-refractivity contribution in [3.05, 3.63) is 0 Å². The molecule has 3 heteroatoms. The van der Waals surface area contributed by atoms with Crippen LogP contribution in [0.25, 0.3) is 0 Å².